The van der Waals surface area contributed by atoms with Crippen molar-refractivity contribution in [2.24, 2.45) is 0 Å². The zero-order valence-corrected chi connectivity index (χ0v) is 19.1. The van der Waals surface area contributed by atoms with Gasteiger partial charge in [0.15, 0.2) is 0 Å². The van der Waals surface area contributed by atoms with Crippen LogP contribution in [0.5, 0.6) is 5.75 Å². The second kappa shape index (κ2) is 10.2. The SMILES string of the molecule is Cc1ccc(S(=O)(=O)Oc2ccccc2/C=C(\C#N)C(=O)Nc2cc([N+](=O)[O-])ccc2Cl)cc1. The van der Waals surface area contributed by atoms with Crippen LogP contribution in [0, 0.1) is 28.4 Å². The molecular formula is C23H16ClN3O6S. The van der Waals surface area contributed by atoms with Crippen LogP contribution in [0.15, 0.2) is 77.2 Å². The number of hydrogen-bond donors (Lipinski definition) is 1. The minimum atomic E-state index is -4.18. The van der Waals surface area contributed by atoms with Crippen molar-refractivity contribution in [2.75, 3.05) is 5.32 Å². The Morgan fingerprint density at radius 1 is 1.15 bits per heavy atom. The largest absolute Gasteiger partial charge is 0.378 e. The first kappa shape index (κ1) is 24.4. The van der Waals surface area contributed by atoms with E-state index in [1.54, 1.807) is 24.3 Å². The van der Waals surface area contributed by atoms with E-state index in [-0.39, 0.29) is 32.6 Å². The van der Waals surface area contributed by atoms with Crippen molar-refractivity contribution in [3.8, 4) is 11.8 Å². The van der Waals surface area contributed by atoms with Crippen LogP contribution in [-0.2, 0) is 14.9 Å². The van der Waals surface area contributed by atoms with E-state index in [2.05, 4.69) is 5.32 Å². The average Bonchev–Trinajstić information content (AvgIpc) is 2.79. The Hall–Kier alpha value is -4.20. The summed E-state index contributed by atoms with van der Waals surface area (Å²) < 4.78 is 30.6. The van der Waals surface area contributed by atoms with Crippen molar-refractivity contribution in [3.05, 3.63) is 98.6 Å². The van der Waals surface area contributed by atoms with E-state index in [0.717, 1.165) is 17.7 Å². The fraction of sp³-hybridized carbons (Fsp3) is 0.0435. The molecular weight excluding hydrogens is 482 g/mol. The first-order valence-electron chi connectivity index (χ1n) is 9.58. The zero-order valence-electron chi connectivity index (χ0n) is 17.6. The lowest BCUT2D eigenvalue weighted by molar-refractivity contribution is -0.384. The van der Waals surface area contributed by atoms with Crippen LogP contribution in [0.2, 0.25) is 5.02 Å². The number of rotatable bonds is 7. The number of anilines is 1. The molecule has 0 spiro atoms. The second-order valence-corrected chi connectivity index (χ2v) is 8.89. The molecule has 3 aromatic carbocycles. The number of hydrogen-bond acceptors (Lipinski definition) is 7. The van der Waals surface area contributed by atoms with Gasteiger partial charge in [-0.25, -0.2) is 0 Å². The molecule has 0 saturated heterocycles. The molecule has 1 N–H and O–H groups in total. The summed E-state index contributed by atoms with van der Waals surface area (Å²) in [6.07, 6.45) is 1.14. The summed E-state index contributed by atoms with van der Waals surface area (Å²) in [5.41, 5.74) is 0.243. The van der Waals surface area contributed by atoms with Crippen molar-refractivity contribution < 1.29 is 22.3 Å². The average molecular weight is 498 g/mol. The monoisotopic (exact) mass is 497 g/mol. The molecule has 0 aromatic heterocycles. The van der Waals surface area contributed by atoms with Crippen LogP contribution in [0.4, 0.5) is 11.4 Å². The van der Waals surface area contributed by atoms with Gasteiger partial charge in [0.05, 0.1) is 15.6 Å². The summed E-state index contributed by atoms with van der Waals surface area (Å²) >= 11 is 5.99. The van der Waals surface area contributed by atoms with Gasteiger partial charge in [0.1, 0.15) is 22.3 Å². The zero-order chi connectivity index (χ0) is 24.9. The molecule has 0 aliphatic rings. The fourth-order valence-electron chi connectivity index (χ4n) is 2.76. The van der Waals surface area contributed by atoms with Gasteiger partial charge >= 0.3 is 10.1 Å². The number of nitrogens with one attached hydrogen (secondary N) is 1. The molecule has 34 heavy (non-hydrogen) atoms. The minimum Gasteiger partial charge on any atom is -0.378 e. The van der Waals surface area contributed by atoms with Gasteiger partial charge in [-0.15, -0.1) is 0 Å². The third kappa shape index (κ3) is 5.78. The highest BCUT2D eigenvalue weighted by atomic mass is 35.5. The lowest BCUT2D eigenvalue weighted by atomic mass is 10.1. The Kier molecular flexibility index (Phi) is 7.31. The Balaban J connectivity index is 1.91. The second-order valence-electron chi connectivity index (χ2n) is 6.93. The lowest BCUT2D eigenvalue weighted by Crippen LogP contribution is -2.14. The Bertz CT molecular complexity index is 1440. The van der Waals surface area contributed by atoms with Gasteiger partial charge in [0.2, 0.25) is 0 Å². The van der Waals surface area contributed by atoms with Gasteiger partial charge in [0.25, 0.3) is 11.6 Å². The number of nitro benzene ring substituents is 1. The number of non-ortho nitro benzene ring substituents is 1. The van der Waals surface area contributed by atoms with Gasteiger partial charge < -0.3 is 9.50 Å². The molecule has 0 aliphatic heterocycles. The summed E-state index contributed by atoms with van der Waals surface area (Å²) in [6, 6.07) is 17.2. The topological polar surface area (TPSA) is 139 Å². The van der Waals surface area contributed by atoms with Gasteiger partial charge in [-0.1, -0.05) is 47.5 Å². The van der Waals surface area contributed by atoms with Crippen LogP contribution < -0.4 is 9.50 Å². The fourth-order valence-corrected chi connectivity index (χ4v) is 3.88. The van der Waals surface area contributed by atoms with Crippen molar-refractivity contribution in [2.45, 2.75) is 11.8 Å². The highest BCUT2D eigenvalue weighted by molar-refractivity contribution is 7.87. The summed E-state index contributed by atoms with van der Waals surface area (Å²) in [6.45, 7) is 1.81. The van der Waals surface area contributed by atoms with E-state index in [0.29, 0.717) is 0 Å². The molecule has 0 aliphatic carbocycles. The predicted octanol–water partition coefficient (Wildman–Crippen LogP) is 4.87. The molecule has 3 rings (SSSR count). The number of benzene rings is 3. The highest BCUT2D eigenvalue weighted by Crippen LogP contribution is 2.28. The first-order chi connectivity index (χ1) is 16.1. The molecule has 0 atom stereocenters. The van der Waals surface area contributed by atoms with E-state index in [1.165, 1.54) is 42.5 Å². The molecule has 11 heteroatoms. The number of nitrogens with zero attached hydrogens (tertiary/aromatic N) is 2. The summed E-state index contributed by atoms with van der Waals surface area (Å²) in [5.74, 6) is -1.00. The van der Waals surface area contributed by atoms with Crippen LogP contribution >= 0.6 is 11.6 Å². The van der Waals surface area contributed by atoms with Crippen molar-refractivity contribution in [1.29, 1.82) is 5.26 Å². The molecule has 0 unspecified atom stereocenters. The van der Waals surface area contributed by atoms with Crippen LogP contribution in [0.25, 0.3) is 6.08 Å². The number of halogens is 1. The van der Waals surface area contributed by atoms with Gasteiger partial charge in [-0.05, 0) is 37.3 Å². The van der Waals surface area contributed by atoms with Crippen LogP contribution in [-0.4, -0.2) is 19.2 Å². The molecule has 9 nitrogen and oxygen atoms in total. The molecule has 0 fully saturated rings. The van der Waals surface area contributed by atoms with Gasteiger partial charge in [-0.2, -0.15) is 13.7 Å². The minimum absolute atomic E-state index is 0.0316. The number of amides is 1. The van der Waals surface area contributed by atoms with E-state index >= 15 is 0 Å². The number of nitriles is 1. The van der Waals surface area contributed by atoms with Crippen LogP contribution in [0.3, 0.4) is 0 Å². The highest BCUT2D eigenvalue weighted by Gasteiger charge is 2.19. The predicted molar refractivity (Wildman–Crippen MR) is 126 cm³/mol. The Morgan fingerprint density at radius 2 is 1.82 bits per heavy atom. The smallest absolute Gasteiger partial charge is 0.339 e. The third-order valence-corrected chi connectivity index (χ3v) is 6.08. The molecule has 0 saturated carbocycles. The number of carbonyl (C=O) groups excluding carboxylic acids is 1. The Morgan fingerprint density at radius 3 is 2.47 bits per heavy atom. The molecule has 1 amide bonds. The first-order valence-corrected chi connectivity index (χ1v) is 11.4. The number of aryl methyl sites for hydroxylation is 1. The third-order valence-electron chi connectivity index (χ3n) is 4.50. The summed E-state index contributed by atoms with van der Waals surface area (Å²) in [5, 5.41) is 22.9. The number of nitro groups is 1. The normalized spacial score (nSPS) is 11.4. The molecule has 0 radical (unpaired) electrons. The quantitative estimate of drug-likeness (QED) is 0.161. The molecule has 172 valence electrons. The molecule has 0 heterocycles. The van der Waals surface area contributed by atoms with Crippen molar-refractivity contribution in [1.82, 2.24) is 0 Å². The standard InChI is InChI=1S/C23H16ClN3O6S/c1-15-6-9-19(10-7-15)34(31,32)33-22-5-3-2-4-16(22)12-17(14-25)23(28)26-21-13-18(27(29)30)8-11-20(21)24/h2-13H,1H3,(H,26,28)/b17-12+. The van der Waals surface area contributed by atoms with E-state index in [9.17, 15) is 28.6 Å². The number of carbonyl (C=O) groups is 1. The maximum atomic E-state index is 12.7. The van der Waals surface area contributed by atoms with E-state index < -0.39 is 26.5 Å². The van der Waals surface area contributed by atoms with Gasteiger partial charge in [0, 0.05) is 17.7 Å². The number of para-hydroxylation sites is 1. The summed E-state index contributed by atoms with van der Waals surface area (Å²) in [4.78, 5) is 22.9. The maximum absolute atomic E-state index is 12.7. The molecule has 3 aromatic rings. The van der Waals surface area contributed by atoms with Gasteiger partial charge in [-0.3, -0.25) is 14.9 Å². The Labute approximate surface area is 200 Å². The maximum Gasteiger partial charge on any atom is 0.339 e. The van der Waals surface area contributed by atoms with Crippen LogP contribution in [0.1, 0.15) is 11.1 Å². The molecule has 0 bridgehead atoms. The van der Waals surface area contributed by atoms with E-state index in [4.69, 9.17) is 15.8 Å². The van der Waals surface area contributed by atoms with E-state index in [1.807, 2.05) is 6.92 Å². The summed E-state index contributed by atoms with van der Waals surface area (Å²) in [7, 11) is -4.18. The van der Waals surface area contributed by atoms with Crippen molar-refractivity contribution >= 4 is 45.1 Å². The lowest BCUT2D eigenvalue weighted by Gasteiger charge is -2.10. The van der Waals surface area contributed by atoms with Crippen molar-refractivity contribution in [3.63, 3.8) is 0 Å².